The summed E-state index contributed by atoms with van der Waals surface area (Å²) >= 11 is 0. The third kappa shape index (κ3) is 3.79. The predicted octanol–water partition coefficient (Wildman–Crippen LogP) is 3.27. The summed E-state index contributed by atoms with van der Waals surface area (Å²) < 4.78 is 5.08. The minimum absolute atomic E-state index is 0.352. The summed E-state index contributed by atoms with van der Waals surface area (Å²) in [6.07, 6.45) is 0. The maximum absolute atomic E-state index is 12.5. The first-order valence-corrected chi connectivity index (χ1v) is 7.42. The largest absolute Gasteiger partial charge is 0.497 e. The molecule has 5 heteroatoms. The maximum atomic E-state index is 12.5. The molecule has 0 radical (unpaired) electrons. The fourth-order valence-electron chi connectivity index (χ4n) is 2.21. The fourth-order valence-corrected chi connectivity index (χ4v) is 2.21. The van der Waals surface area contributed by atoms with Crippen LogP contribution in [0.4, 0.5) is 5.69 Å². The van der Waals surface area contributed by atoms with Gasteiger partial charge in [0.1, 0.15) is 5.75 Å². The lowest BCUT2D eigenvalue weighted by molar-refractivity contribution is -0.117. The molecule has 0 aliphatic carbocycles. The van der Waals surface area contributed by atoms with E-state index in [1.54, 1.807) is 48.5 Å². The SMILES string of the molecule is COc1cccc(NC(=O)C(C#N)C(=O)c2ccc(C)c(C)c2)c1. The van der Waals surface area contributed by atoms with Gasteiger partial charge in [-0.2, -0.15) is 5.26 Å². The zero-order valence-electron chi connectivity index (χ0n) is 13.8. The van der Waals surface area contributed by atoms with Crippen LogP contribution in [0.25, 0.3) is 0 Å². The van der Waals surface area contributed by atoms with Crippen LogP contribution in [0.5, 0.6) is 5.75 Å². The van der Waals surface area contributed by atoms with Crippen LogP contribution < -0.4 is 10.1 Å². The average Bonchev–Trinajstić information content (AvgIpc) is 2.58. The molecule has 1 unspecified atom stereocenters. The number of carbonyl (C=O) groups is 2. The van der Waals surface area contributed by atoms with Crippen LogP contribution in [0.3, 0.4) is 0 Å². The van der Waals surface area contributed by atoms with Crippen molar-refractivity contribution in [3.05, 3.63) is 59.2 Å². The third-order valence-electron chi connectivity index (χ3n) is 3.78. The Bertz CT molecular complexity index is 822. The minimum atomic E-state index is -1.40. The molecule has 0 aromatic heterocycles. The molecule has 1 N–H and O–H groups in total. The van der Waals surface area contributed by atoms with Crippen LogP contribution in [0.15, 0.2) is 42.5 Å². The smallest absolute Gasteiger partial charge is 0.249 e. The van der Waals surface area contributed by atoms with Crippen molar-refractivity contribution >= 4 is 17.4 Å². The number of ketones is 1. The molecule has 2 aromatic carbocycles. The zero-order valence-corrected chi connectivity index (χ0v) is 13.8. The molecule has 2 aromatic rings. The highest BCUT2D eigenvalue weighted by atomic mass is 16.5. The number of methoxy groups -OCH3 is 1. The van der Waals surface area contributed by atoms with Gasteiger partial charge in [0.25, 0.3) is 0 Å². The van der Waals surface area contributed by atoms with E-state index >= 15 is 0 Å². The van der Waals surface area contributed by atoms with Crippen molar-refractivity contribution in [2.45, 2.75) is 13.8 Å². The molecule has 0 aliphatic rings. The van der Waals surface area contributed by atoms with E-state index in [0.29, 0.717) is 17.0 Å². The number of anilines is 1. The quantitative estimate of drug-likeness (QED) is 0.677. The van der Waals surface area contributed by atoms with Gasteiger partial charge in [-0.1, -0.05) is 18.2 Å². The number of nitrogens with one attached hydrogen (secondary N) is 1. The van der Waals surface area contributed by atoms with Gasteiger partial charge in [-0.3, -0.25) is 9.59 Å². The molecule has 5 nitrogen and oxygen atoms in total. The van der Waals surface area contributed by atoms with Crippen LogP contribution in [0, 0.1) is 31.1 Å². The Morgan fingerprint density at radius 3 is 2.50 bits per heavy atom. The van der Waals surface area contributed by atoms with Crippen molar-refractivity contribution in [2.24, 2.45) is 5.92 Å². The molecule has 0 saturated heterocycles. The molecule has 0 aliphatic heterocycles. The molecule has 0 fully saturated rings. The first-order chi connectivity index (χ1) is 11.5. The van der Waals surface area contributed by atoms with Gasteiger partial charge in [-0.25, -0.2) is 0 Å². The molecule has 0 spiro atoms. The Balaban J connectivity index is 2.20. The molecule has 24 heavy (non-hydrogen) atoms. The number of nitriles is 1. The first-order valence-electron chi connectivity index (χ1n) is 7.42. The van der Waals surface area contributed by atoms with Gasteiger partial charge in [0.05, 0.1) is 13.2 Å². The number of nitrogens with zero attached hydrogens (tertiary/aromatic N) is 1. The summed E-state index contributed by atoms with van der Waals surface area (Å²) in [6.45, 7) is 3.81. The van der Waals surface area contributed by atoms with Gasteiger partial charge < -0.3 is 10.1 Å². The van der Waals surface area contributed by atoms with Crippen LogP contribution in [0.1, 0.15) is 21.5 Å². The first kappa shape index (κ1) is 17.2. The van der Waals surface area contributed by atoms with Crippen molar-refractivity contribution in [1.82, 2.24) is 0 Å². The van der Waals surface area contributed by atoms with Crippen molar-refractivity contribution in [3.63, 3.8) is 0 Å². The molecule has 122 valence electrons. The van der Waals surface area contributed by atoms with Crippen molar-refractivity contribution in [2.75, 3.05) is 12.4 Å². The summed E-state index contributed by atoms with van der Waals surface area (Å²) in [5.41, 5.74) is 2.80. The summed E-state index contributed by atoms with van der Waals surface area (Å²) in [7, 11) is 1.52. The zero-order chi connectivity index (χ0) is 17.7. The van der Waals surface area contributed by atoms with Crippen LogP contribution in [0.2, 0.25) is 0 Å². The van der Waals surface area contributed by atoms with Gasteiger partial charge in [-0.15, -0.1) is 0 Å². The van der Waals surface area contributed by atoms with Gasteiger partial charge in [0.2, 0.25) is 5.91 Å². The summed E-state index contributed by atoms with van der Waals surface area (Å²) in [5, 5.41) is 11.9. The van der Waals surface area contributed by atoms with Gasteiger partial charge in [0.15, 0.2) is 11.7 Å². The van der Waals surface area contributed by atoms with Gasteiger partial charge >= 0.3 is 0 Å². The van der Waals surface area contributed by atoms with Gasteiger partial charge in [-0.05, 0) is 43.2 Å². The number of rotatable bonds is 5. The van der Waals surface area contributed by atoms with Gasteiger partial charge in [0, 0.05) is 17.3 Å². The second kappa shape index (κ2) is 7.42. The molecule has 0 heterocycles. The van der Waals surface area contributed by atoms with Crippen molar-refractivity contribution in [3.8, 4) is 11.8 Å². The summed E-state index contributed by atoms with van der Waals surface area (Å²) in [4.78, 5) is 24.8. The Kier molecular flexibility index (Phi) is 5.33. The lowest BCUT2D eigenvalue weighted by atomic mass is 9.95. The average molecular weight is 322 g/mol. The summed E-state index contributed by atoms with van der Waals surface area (Å²) in [5.74, 6) is -2.00. The Hall–Kier alpha value is -3.13. The highest BCUT2D eigenvalue weighted by Crippen LogP contribution is 2.19. The van der Waals surface area contributed by atoms with Crippen LogP contribution >= 0.6 is 0 Å². The predicted molar refractivity (Wildman–Crippen MR) is 91.0 cm³/mol. The van der Waals surface area contributed by atoms with E-state index in [9.17, 15) is 14.9 Å². The summed E-state index contributed by atoms with van der Waals surface area (Å²) in [6, 6.07) is 13.6. The minimum Gasteiger partial charge on any atom is -0.497 e. The number of hydrogen-bond donors (Lipinski definition) is 1. The standard InChI is InChI=1S/C19H18N2O3/c1-12-7-8-14(9-13(12)2)18(22)17(11-20)19(23)21-15-5-4-6-16(10-15)24-3/h4-10,17H,1-3H3,(H,21,23). The van der Waals surface area contributed by atoms with Crippen LogP contribution in [-0.4, -0.2) is 18.8 Å². The number of aryl methyl sites for hydroxylation is 2. The molecule has 0 bridgehead atoms. The van der Waals surface area contributed by atoms with E-state index in [1.165, 1.54) is 7.11 Å². The maximum Gasteiger partial charge on any atom is 0.249 e. The van der Waals surface area contributed by atoms with Crippen molar-refractivity contribution in [1.29, 1.82) is 5.26 Å². The molecule has 1 amide bonds. The number of benzene rings is 2. The fraction of sp³-hybridized carbons (Fsp3) is 0.211. The van der Waals surface area contributed by atoms with E-state index in [0.717, 1.165) is 11.1 Å². The highest BCUT2D eigenvalue weighted by molar-refractivity contribution is 6.15. The van der Waals surface area contributed by atoms with E-state index in [1.807, 2.05) is 13.8 Å². The molecule has 0 saturated carbocycles. The van der Waals surface area contributed by atoms with E-state index in [4.69, 9.17) is 4.74 Å². The number of carbonyl (C=O) groups excluding carboxylic acids is 2. The van der Waals surface area contributed by atoms with E-state index < -0.39 is 17.6 Å². The number of Topliss-reactive ketones (excluding diaryl/α,β-unsaturated/α-hetero) is 1. The lowest BCUT2D eigenvalue weighted by Gasteiger charge is -2.11. The normalized spacial score (nSPS) is 11.2. The second-order valence-electron chi connectivity index (χ2n) is 5.45. The molecule has 1 atom stereocenters. The monoisotopic (exact) mass is 322 g/mol. The molecule has 2 rings (SSSR count). The van der Waals surface area contributed by atoms with E-state index in [2.05, 4.69) is 5.32 Å². The molecular formula is C19H18N2O3. The number of amides is 1. The highest BCUT2D eigenvalue weighted by Gasteiger charge is 2.27. The third-order valence-corrected chi connectivity index (χ3v) is 3.78. The second-order valence-corrected chi connectivity index (χ2v) is 5.45. The number of hydrogen-bond acceptors (Lipinski definition) is 4. The number of ether oxygens (including phenoxy) is 1. The Morgan fingerprint density at radius 2 is 1.88 bits per heavy atom. The lowest BCUT2D eigenvalue weighted by Crippen LogP contribution is -2.28. The Labute approximate surface area is 140 Å². The van der Waals surface area contributed by atoms with Crippen LogP contribution in [-0.2, 0) is 4.79 Å². The molecular weight excluding hydrogens is 304 g/mol. The van der Waals surface area contributed by atoms with E-state index in [-0.39, 0.29) is 0 Å². The topological polar surface area (TPSA) is 79.2 Å². The Morgan fingerprint density at radius 1 is 1.12 bits per heavy atom. The van der Waals surface area contributed by atoms with Crippen molar-refractivity contribution < 1.29 is 14.3 Å².